The number of hydrogen-bond acceptors (Lipinski definition) is 2. The molecular weight excluding hydrogens is 234 g/mol. The van der Waals surface area contributed by atoms with Crippen LogP contribution < -0.4 is 10.6 Å². The average molecular weight is 255 g/mol. The van der Waals surface area contributed by atoms with E-state index in [1.165, 1.54) is 25.7 Å². The van der Waals surface area contributed by atoms with Gasteiger partial charge in [-0.1, -0.05) is 19.8 Å². The topological polar surface area (TPSA) is 44.4 Å². The summed E-state index contributed by atoms with van der Waals surface area (Å²) in [5, 5.41) is 7.00. The molecular formula is C12H21N3OS. The van der Waals surface area contributed by atoms with Gasteiger partial charge in [-0.05, 0) is 31.0 Å². The first kappa shape index (κ1) is 12.6. The van der Waals surface area contributed by atoms with Crippen molar-refractivity contribution in [3.05, 3.63) is 0 Å². The molecule has 1 amide bonds. The normalized spacial score (nSPS) is 29.7. The first-order valence-electron chi connectivity index (χ1n) is 6.49. The highest BCUT2D eigenvalue weighted by atomic mass is 32.1. The predicted molar refractivity (Wildman–Crippen MR) is 71.7 cm³/mol. The molecule has 2 aliphatic rings. The number of hydrogen-bond donors (Lipinski definition) is 2. The van der Waals surface area contributed by atoms with Gasteiger partial charge in [0.15, 0.2) is 5.11 Å². The van der Waals surface area contributed by atoms with Crippen molar-refractivity contribution in [3.63, 3.8) is 0 Å². The minimum atomic E-state index is 0.0668. The summed E-state index contributed by atoms with van der Waals surface area (Å²) in [4.78, 5) is 13.3. The van der Waals surface area contributed by atoms with Crippen molar-refractivity contribution in [2.24, 2.45) is 5.92 Å². The van der Waals surface area contributed by atoms with Crippen molar-refractivity contribution < 1.29 is 4.79 Å². The number of nitrogens with one attached hydrogen (secondary N) is 2. The maximum Gasteiger partial charge on any atom is 0.239 e. The van der Waals surface area contributed by atoms with Gasteiger partial charge in [-0.15, -0.1) is 0 Å². The summed E-state index contributed by atoms with van der Waals surface area (Å²) >= 11 is 5.40. The van der Waals surface area contributed by atoms with E-state index in [9.17, 15) is 4.79 Å². The Balaban J connectivity index is 1.85. The monoisotopic (exact) mass is 255 g/mol. The molecule has 5 heteroatoms. The van der Waals surface area contributed by atoms with Gasteiger partial charge in [0.1, 0.15) is 0 Å². The second-order valence-electron chi connectivity index (χ2n) is 5.09. The zero-order valence-corrected chi connectivity index (χ0v) is 11.2. The zero-order valence-electron chi connectivity index (χ0n) is 10.4. The number of carbonyl (C=O) groups excluding carboxylic acids is 1. The Morgan fingerprint density at radius 3 is 2.94 bits per heavy atom. The maximum absolute atomic E-state index is 11.3. The standard InChI is InChI=1S/C12H21N3OS/c1-9-4-2-3-5-10(9)14-12(17)15-7-6-13-11(16)8-15/h9-10H,2-8H2,1H3,(H,13,16)(H,14,17)/t9-,10+/m0/s1. The summed E-state index contributed by atoms with van der Waals surface area (Å²) in [7, 11) is 0. The van der Waals surface area contributed by atoms with Crippen molar-refractivity contribution in [2.75, 3.05) is 19.6 Å². The fourth-order valence-electron chi connectivity index (χ4n) is 2.59. The number of carbonyl (C=O) groups is 1. The van der Waals surface area contributed by atoms with E-state index in [0.717, 1.165) is 11.7 Å². The van der Waals surface area contributed by atoms with Gasteiger partial charge in [-0.25, -0.2) is 0 Å². The summed E-state index contributed by atoms with van der Waals surface area (Å²) in [6, 6.07) is 0.487. The molecule has 0 aromatic heterocycles. The van der Waals surface area contributed by atoms with Crippen LogP contribution in [-0.4, -0.2) is 41.6 Å². The predicted octanol–water partition coefficient (Wildman–Crippen LogP) is 0.871. The fourth-order valence-corrected chi connectivity index (χ4v) is 2.90. The maximum atomic E-state index is 11.3. The molecule has 96 valence electrons. The summed E-state index contributed by atoms with van der Waals surface area (Å²) < 4.78 is 0. The summed E-state index contributed by atoms with van der Waals surface area (Å²) in [6.45, 7) is 4.19. The first-order valence-corrected chi connectivity index (χ1v) is 6.90. The van der Waals surface area contributed by atoms with Crippen molar-refractivity contribution in [3.8, 4) is 0 Å². The number of piperazine rings is 1. The van der Waals surface area contributed by atoms with Crippen LogP contribution in [0.25, 0.3) is 0 Å². The summed E-state index contributed by atoms with van der Waals surface area (Å²) in [5.74, 6) is 0.748. The van der Waals surface area contributed by atoms with Crippen molar-refractivity contribution in [2.45, 2.75) is 38.6 Å². The molecule has 0 unspecified atom stereocenters. The minimum Gasteiger partial charge on any atom is -0.360 e. The molecule has 0 radical (unpaired) electrons. The van der Waals surface area contributed by atoms with Gasteiger partial charge in [-0.2, -0.15) is 0 Å². The van der Waals surface area contributed by atoms with Crippen LogP contribution in [0.3, 0.4) is 0 Å². The Labute approximate surface area is 108 Å². The van der Waals surface area contributed by atoms with Crippen LogP contribution in [-0.2, 0) is 4.79 Å². The second kappa shape index (κ2) is 5.67. The Kier molecular flexibility index (Phi) is 4.20. The largest absolute Gasteiger partial charge is 0.360 e. The van der Waals surface area contributed by atoms with Gasteiger partial charge in [0.05, 0.1) is 6.54 Å². The number of rotatable bonds is 1. The Morgan fingerprint density at radius 2 is 2.24 bits per heavy atom. The van der Waals surface area contributed by atoms with Crippen LogP contribution in [0, 0.1) is 5.92 Å². The van der Waals surface area contributed by atoms with E-state index in [1.54, 1.807) is 0 Å². The second-order valence-corrected chi connectivity index (χ2v) is 5.48. The lowest BCUT2D eigenvalue weighted by atomic mass is 9.86. The summed E-state index contributed by atoms with van der Waals surface area (Å²) in [6.07, 6.45) is 5.09. The molecule has 1 saturated heterocycles. The van der Waals surface area contributed by atoms with Crippen LogP contribution in [0.2, 0.25) is 0 Å². The fraction of sp³-hybridized carbons (Fsp3) is 0.833. The van der Waals surface area contributed by atoms with E-state index in [0.29, 0.717) is 25.0 Å². The lowest BCUT2D eigenvalue weighted by Crippen LogP contribution is -2.55. The van der Waals surface area contributed by atoms with Crippen molar-refractivity contribution in [1.82, 2.24) is 15.5 Å². The lowest BCUT2D eigenvalue weighted by Gasteiger charge is -2.35. The molecule has 4 nitrogen and oxygen atoms in total. The van der Waals surface area contributed by atoms with Crippen LogP contribution in [0.5, 0.6) is 0 Å². The number of amides is 1. The molecule has 0 spiro atoms. The summed E-state index contributed by atoms with van der Waals surface area (Å²) in [5.41, 5.74) is 0. The van der Waals surface area contributed by atoms with Gasteiger partial charge < -0.3 is 15.5 Å². The first-order chi connectivity index (χ1) is 8.16. The van der Waals surface area contributed by atoms with Crippen molar-refractivity contribution in [1.29, 1.82) is 0 Å². The quantitative estimate of drug-likeness (QED) is 0.683. The number of thiocarbonyl (C=S) groups is 1. The van der Waals surface area contributed by atoms with E-state index in [1.807, 2.05) is 4.90 Å². The highest BCUT2D eigenvalue weighted by Gasteiger charge is 2.25. The molecule has 1 aliphatic heterocycles. The van der Waals surface area contributed by atoms with Gasteiger partial charge in [-0.3, -0.25) is 4.79 Å². The molecule has 2 rings (SSSR count). The third-order valence-corrected chi connectivity index (χ3v) is 4.12. The van der Waals surface area contributed by atoms with Crippen LogP contribution in [0.4, 0.5) is 0 Å². The molecule has 0 bridgehead atoms. The Morgan fingerprint density at radius 1 is 1.47 bits per heavy atom. The van der Waals surface area contributed by atoms with Crippen LogP contribution in [0.15, 0.2) is 0 Å². The highest BCUT2D eigenvalue weighted by molar-refractivity contribution is 7.80. The smallest absolute Gasteiger partial charge is 0.239 e. The van der Waals surface area contributed by atoms with Gasteiger partial charge >= 0.3 is 0 Å². The van der Waals surface area contributed by atoms with Gasteiger partial charge in [0.2, 0.25) is 5.91 Å². The van der Waals surface area contributed by atoms with E-state index < -0.39 is 0 Å². The molecule has 17 heavy (non-hydrogen) atoms. The van der Waals surface area contributed by atoms with Crippen LogP contribution in [0.1, 0.15) is 32.6 Å². The van der Waals surface area contributed by atoms with E-state index in [4.69, 9.17) is 12.2 Å². The average Bonchev–Trinajstić information content (AvgIpc) is 2.32. The Hall–Kier alpha value is -0.840. The van der Waals surface area contributed by atoms with Crippen LogP contribution >= 0.6 is 12.2 Å². The third kappa shape index (κ3) is 3.31. The van der Waals surface area contributed by atoms with Gasteiger partial charge in [0.25, 0.3) is 0 Å². The molecule has 0 aromatic rings. The highest BCUT2D eigenvalue weighted by Crippen LogP contribution is 2.23. The molecule has 2 fully saturated rings. The zero-order chi connectivity index (χ0) is 12.3. The molecule has 1 aliphatic carbocycles. The Bertz CT molecular complexity index is 308. The minimum absolute atomic E-state index is 0.0668. The lowest BCUT2D eigenvalue weighted by molar-refractivity contribution is -0.122. The SMILES string of the molecule is C[C@H]1CCCC[C@H]1NC(=S)N1CCNC(=O)C1. The molecule has 1 heterocycles. The number of nitrogens with zero attached hydrogens (tertiary/aromatic N) is 1. The van der Waals surface area contributed by atoms with Gasteiger partial charge in [0, 0.05) is 19.1 Å². The molecule has 0 aromatic carbocycles. The van der Waals surface area contributed by atoms with E-state index >= 15 is 0 Å². The van der Waals surface area contributed by atoms with E-state index in [2.05, 4.69) is 17.6 Å². The third-order valence-electron chi connectivity index (χ3n) is 3.75. The molecule has 2 N–H and O–H groups in total. The van der Waals surface area contributed by atoms with Crippen molar-refractivity contribution >= 4 is 23.2 Å². The van der Waals surface area contributed by atoms with E-state index in [-0.39, 0.29) is 5.91 Å². The molecule has 2 atom stereocenters. The molecule has 1 saturated carbocycles.